The summed E-state index contributed by atoms with van der Waals surface area (Å²) in [6.07, 6.45) is 0. The highest BCUT2D eigenvalue weighted by atomic mass is 32.1. The van der Waals surface area contributed by atoms with Crippen LogP contribution in [0, 0.1) is 20.8 Å². The normalized spacial score (nSPS) is 11.0. The van der Waals surface area contributed by atoms with Crippen LogP contribution >= 0.6 is 11.3 Å². The lowest BCUT2D eigenvalue weighted by molar-refractivity contribution is 1.11. The Labute approximate surface area is 128 Å². The van der Waals surface area contributed by atoms with Gasteiger partial charge in [-0.15, -0.1) is 11.3 Å². The molecule has 0 aliphatic rings. The van der Waals surface area contributed by atoms with Crippen molar-refractivity contribution in [3.05, 3.63) is 34.3 Å². The maximum Gasteiger partial charge on any atom is 0.181 e. The molecule has 4 nitrogen and oxygen atoms in total. The van der Waals surface area contributed by atoms with E-state index < -0.39 is 0 Å². The van der Waals surface area contributed by atoms with Crippen molar-refractivity contribution in [1.82, 2.24) is 15.0 Å². The molecule has 0 aliphatic carbocycles. The van der Waals surface area contributed by atoms with Gasteiger partial charge < -0.3 is 5.32 Å². The quantitative estimate of drug-likeness (QED) is 0.790. The first-order valence-electron chi connectivity index (χ1n) is 7.05. The van der Waals surface area contributed by atoms with Crippen LogP contribution in [0.25, 0.3) is 21.7 Å². The zero-order valence-corrected chi connectivity index (χ0v) is 13.5. The predicted octanol–water partition coefficient (Wildman–Crippen LogP) is 4.11. The first kappa shape index (κ1) is 13.9. The molecule has 0 spiro atoms. The number of pyridine rings is 1. The SMILES string of the molecule is CCNc1nc(-c2cccc(C)n2)nc2sc(C)c(C)c12. The Morgan fingerprint density at radius 2 is 1.90 bits per heavy atom. The third-order valence-corrected chi connectivity index (χ3v) is 4.59. The number of nitrogens with zero attached hydrogens (tertiary/aromatic N) is 3. The van der Waals surface area contributed by atoms with Crippen LogP contribution in [0.5, 0.6) is 0 Å². The molecule has 0 saturated carbocycles. The number of aromatic nitrogens is 3. The monoisotopic (exact) mass is 298 g/mol. The fourth-order valence-electron chi connectivity index (χ4n) is 2.33. The summed E-state index contributed by atoms with van der Waals surface area (Å²) in [5.74, 6) is 1.59. The summed E-state index contributed by atoms with van der Waals surface area (Å²) in [6.45, 7) is 9.14. The minimum Gasteiger partial charge on any atom is -0.370 e. The van der Waals surface area contributed by atoms with E-state index in [1.807, 2.05) is 25.1 Å². The summed E-state index contributed by atoms with van der Waals surface area (Å²) in [7, 11) is 0. The zero-order valence-electron chi connectivity index (χ0n) is 12.7. The molecule has 0 bridgehead atoms. The summed E-state index contributed by atoms with van der Waals surface area (Å²) in [4.78, 5) is 16.3. The van der Waals surface area contributed by atoms with E-state index in [1.165, 1.54) is 10.4 Å². The molecule has 0 amide bonds. The van der Waals surface area contributed by atoms with Crippen LogP contribution in [-0.4, -0.2) is 21.5 Å². The molecular weight excluding hydrogens is 280 g/mol. The Kier molecular flexibility index (Phi) is 3.59. The molecule has 0 aromatic carbocycles. The third-order valence-electron chi connectivity index (χ3n) is 3.49. The van der Waals surface area contributed by atoms with E-state index in [9.17, 15) is 0 Å². The summed E-state index contributed by atoms with van der Waals surface area (Å²) in [5, 5.41) is 4.49. The topological polar surface area (TPSA) is 50.7 Å². The van der Waals surface area contributed by atoms with Crippen molar-refractivity contribution in [2.75, 3.05) is 11.9 Å². The van der Waals surface area contributed by atoms with Crippen LogP contribution in [0.15, 0.2) is 18.2 Å². The summed E-state index contributed by atoms with van der Waals surface area (Å²) < 4.78 is 0. The van der Waals surface area contributed by atoms with E-state index in [0.29, 0.717) is 5.82 Å². The summed E-state index contributed by atoms with van der Waals surface area (Å²) in [6, 6.07) is 5.92. The number of thiophene rings is 1. The van der Waals surface area contributed by atoms with Crippen LogP contribution in [0.2, 0.25) is 0 Å². The fourth-order valence-corrected chi connectivity index (χ4v) is 3.36. The van der Waals surface area contributed by atoms with Gasteiger partial charge in [-0.2, -0.15) is 0 Å². The summed E-state index contributed by atoms with van der Waals surface area (Å²) >= 11 is 1.71. The molecule has 3 aromatic heterocycles. The molecule has 0 fully saturated rings. The van der Waals surface area contributed by atoms with Gasteiger partial charge in [-0.25, -0.2) is 15.0 Å². The van der Waals surface area contributed by atoms with Gasteiger partial charge in [0.05, 0.1) is 5.39 Å². The highest BCUT2D eigenvalue weighted by Crippen LogP contribution is 2.34. The van der Waals surface area contributed by atoms with E-state index in [0.717, 1.165) is 34.0 Å². The van der Waals surface area contributed by atoms with Crippen LogP contribution in [0.4, 0.5) is 5.82 Å². The van der Waals surface area contributed by atoms with Gasteiger partial charge >= 0.3 is 0 Å². The second-order valence-electron chi connectivity index (χ2n) is 5.05. The molecule has 3 rings (SSSR count). The van der Waals surface area contributed by atoms with E-state index >= 15 is 0 Å². The van der Waals surface area contributed by atoms with Crippen LogP contribution in [-0.2, 0) is 0 Å². The van der Waals surface area contributed by atoms with Crippen LogP contribution in [0.1, 0.15) is 23.1 Å². The van der Waals surface area contributed by atoms with Crippen LogP contribution in [0.3, 0.4) is 0 Å². The standard InChI is InChI=1S/C16H18N4S/c1-5-17-15-13-10(3)11(4)21-16(13)20-14(19-15)12-8-6-7-9(2)18-12/h6-8H,5H2,1-4H3,(H,17,19,20). The molecule has 0 radical (unpaired) electrons. The smallest absolute Gasteiger partial charge is 0.181 e. The number of hydrogen-bond acceptors (Lipinski definition) is 5. The van der Waals surface area contributed by atoms with Crippen molar-refractivity contribution in [2.24, 2.45) is 0 Å². The van der Waals surface area contributed by atoms with E-state index in [1.54, 1.807) is 11.3 Å². The Hall–Kier alpha value is -2.01. The number of rotatable bonds is 3. The van der Waals surface area contributed by atoms with Crippen molar-refractivity contribution in [3.8, 4) is 11.5 Å². The van der Waals surface area contributed by atoms with Crippen molar-refractivity contribution in [1.29, 1.82) is 0 Å². The number of fused-ring (bicyclic) bond motifs is 1. The Balaban J connectivity index is 2.25. The van der Waals surface area contributed by atoms with Gasteiger partial charge in [0.1, 0.15) is 16.3 Å². The molecule has 0 unspecified atom stereocenters. The molecule has 3 heterocycles. The van der Waals surface area contributed by atoms with Gasteiger partial charge in [-0.1, -0.05) is 6.07 Å². The Bertz CT molecular complexity index is 807. The Morgan fingerprint density at radius 1 is 1.10 bits per heavy atom. The summed E-state index contributed by atoms with van der Waals surface area (Å²) in [5.41, 5.74) is 3.05. The number of nitrogens with one attached hydrogen (secondary N) is 1. The molecule has 5 heteroatoms. The van der Waals surface area contributed by atoms with Gasteiger partial charge in [0, 0.05) is 17.1 Å². The van der Waals surface area contributed by atoms with E-state index in [-0.39, 0.29) is 0 Å². The minimum atomic E-state index is 0.684. The first-order valence-corrected chi connectivity index (χ1v) is 7.87. The molecule has 0 atom stereocenters. The van der Waals surface area contributed by atoms with Gasteiger partial charge in [-0.3, -0.25) is 0 Å². The van der Waals surface area contributed by atoms with Gasteiger partial charge in [0.25, 0.3) is 0 Å². The first-order chi connectivity index (χ1) is 10.1. The maximum atomic E-state index is 4.72. The second kappa shape index (κ2) is 5.41. The second-order valence-corrected chi connectivity index (χ2v) is 6.26. The largest absolute Gasteiger partial charge is 0.370 e. The lowest BCUT2D eigenvalue weighted by Crippen LogP contribution is -2.03. The maximum absolute atomic E-state index is 4.72. The molecule has 1 N–H and O–H groups in total. The van der Waals surface area contributed by atoms with E-state index in [4.69, 9.17) is 9.97 Å². The molecule has 0 saturated heterocycles. The Morgan fingerprint density at radius 3 is 2.62 bits per heavy atom. The van der Waals surface area contributed by atoms with Gasteiger partial charge in [0.15, 0.2) is 5.82 Å². The molecule has 108 valence electrons. The van der Waals surface area contributed by atoms with Gasteiger partial charge in [-0.05, 0) is 45.4 Å². The number of aryl methyl sites for hydroxylation is 3. The zero-order chi connectivity index (χ0) is 15.0. The van der Waals surface area contributed by atoms with E-state index in [2.05, 4.69) is 31.1 Å². The lowest BCUT2D eigenvalue weighted by Gasteiger charge is -2.08. The van der Waals surface area contributed by atoms with Crippen molar-refractivity contribution >= 4 is 27.4 Å². The highest BCUT2D eigenvalue weighted by molar-refractivity contribution is 7.18. The van der Waals surface area contributed by atoms with Gasteiger partial charge in [0.2, 0.25) is 0 Å². The third kappa shape index (κ3) is 2.49. The predicted molar refractivity (Wildman–Crippen MR) is 89.0 cm³/mol. The molecular formula is C16H18N4S. The average molecular weight is 298 g/mol. The van der Waals surface area contributed by atoms with Crippen molar-refractivity contribution in [2.45, 2.75) is 27.7 Å². The minimum absolute atomic E-state index is 0.684. The number of hydrogen-bond donors (Lipinski definition) is 1. The van der Waals surface area contributed by atoms with Crippen LogP contribution < -0.4 is 5.32 Å². The van der Waals surface area contributed by atoms with Crippen molar-refractivity contribution < 1.29 is 0 Å². The molecule has 0 aliphatic heterocycles. The van der Waals surface area contributed by atoms with Crippen molar-refractivity contribution in [3.63, 3.8) is 0 Å². The number of anilines is 1. The average Bonchev–Trinajstić information content (AvgIpc) is 2.74. The molecule has 3 aromatic rings. The lowest BCUT2D eigenvalue weighted by atomic mass is 10.2. The fraction of sp³-hybridized carbons (Fsp3) is 0.312. The molecule has 21 heavy (non-hydrogen) atoms. The highest BCUT2D eigenvalue weighted by Gasteiger charge is 2.15.